The Labute approximate surface area is 103 Å². The van der Waals surface area contributed by atoms with E-state index in [1.54, 1.807) is 11.5 Å². The first-order valence-corrected chi connectivity index (χ1v) is 6.94. The maximum atomic E-state index is 4.23. The second-order valence-corrected chi connectivity index (χ2v) is 5.43. The van der Waals surface area contributed by atoms with E-state index in [1.165, 1.54) is 23.4 Å². The molecule has 0 saturated heterocycles. The van der Waals surface area contributed by atoms with Crippen molar-refractivity contribution in [1.82, 2.24) is 14.9 Å². The van der Waals surface area contributed by atoms with Crippen molar-refractivity contribution in [3.8, 4) is 0 Å². The summed E-state index contributed by atoms with van der Waals surface area (Å²) < 4.78 is 4.09. The first-order chi connectivity index (χ1) is 7.69. The number of rotatable bonds is 7. The van der Waals surface area contributed by atoms with Crippen molar-refractivity contribution in [2.24, 2.45) is 5.92 Å². The van der Waals surface area contributed by atoms with Gasteiger partial charge >= 0.3 is 0 Å². The molecule has 0 aromatic carbocycles. The minimum Gasteiger partial charge on any atom is -0.312 e. The van der Waals surface area contributed by atoms with E-state index in [4.69, 9.17) is 0 Å². The number of aryl methyl sites for hydroxylation is 1. The maximum Gasteiger partial charge on any atom is 0.0803 e. The van der Waals surface area contributed by atoms with E-state index in [-0.39, 0.29) is 0 Å². The van der Waals surface area contributed by atoms with Crippen LogP contribution in [0.4, 0.5) is 0 Å². The summed E-state index contributed by atoms with van der Waals surface area (Å²) >= 11 is 1.55. The van der Waals surface area contributed by atoms with Crippen LogP contribution in [0.5, 0.6) is 0 Å². The van der Waals surface area contributed by atoms with Crippen molar-refractivity contribution in [2.45, 2.75) is 52.5 Å². The Kier molecular flexibility index (Phi) is 5.91. The molecule has 0 fully saturated rings. The van der Waals surface area contributed by atoms with Gasteiger partial charge in [-0.05, 0) is 43.8 Å². The van der Waals surface area contributed by atoms with E-state index in [0.29, 0.717) is 6.04 Å². The van der Waals surface area contributed by atoms with Gasteiger partial charge in [-0.15, -0.1) is 5.10 Å². The highest BCUT2D eigenvalue weighted by atomic mass is 32.1. The molecule has 16 heavy (non-hydrogen) atoms. The molecule has 0 amide bonds. The lowest BCUT2D eigenvalue weighted by Gasteiger charge is -2.16. The Bertz CT molecular complexity index is 296. The van der Waals surface area contributed by atoms with Gasteiger partial charge in [-0.2, -0.15) is 0 Å². The van der Waals surface area contributed by atoms with E-state index in [2.05, 4.69) is 35.7 Å². The Hall–Kier alpha value is -0.480. The van der Waals surface area contributed by atoms with Gasteiger partial charge in [-0.25, -0.2) is 0 Å². The highest BCUT2D eigenvalue weighted by Crippen LogP contribution is 2.26. The third kappa shape index (κ3) is 3.83. The summed E-state index contributed by atoms with van der Waals surface area (Å²) in [6.45, 7) is 6.72. The summed E-state index contributed by atoms with van der Waals surface area (Å²) in [6, 6.07) is 0.434. The van der Waals surface area contributed by atoms with E-state index >= 15 is 0 Å². The van der Waals surface area contributed by atoms with Crippen molar-refractivity contribution in [3.63, 3.8) is 0 Å². The van der Waals surface area contributed by atoms with Gasteiger partial charge in [0.25, 0.3) is 0 Å². The third-order valence-corrected chi connectivity index (χ3v) is 3.65. The van der Waals surface area contributed by atoms with Crippen LogP contribution in [-0.2, 0) is 6.42 Å². The predicted octanol–water partition coefficient (Wildman–Crippen LogP) is 3.19. The molecule has 1 aromatic heterocycles. The van der Waals surface area contributed by atoms with Crippen molar-refractivity contribution >= 4 is 11.5 Å². The normalized spacial score (nSPS) is 13.3. The predicted molar refractivity (Wildman–Crippen MR) is 69.8 cm³/mol. The lowest BCUT2D eigenvalue weighted by molar-refractivity contribution is 0.467. The van der Waals surface area contributed by atoms with Crippen LogP contribution in [0.2, 0.25) is 0 Å². The third-order valence-electron chi connectivity index (χ3n) is 2.77. The Balaban J connectivity index is 2.66. The SMILES string of the molecule is CCCc1nnsc1C(CCC(C)C)NC. The topological polar surface area (TPSA) is 37.8 Å². The van der Waals surface area contributed by atoms with Crippen molar-refractivity contribution in [3.05, 3.63) is 10.6 Å². The lowest BCUT2D eigenvalue weighted by Crippen LogP contribution is -2.17. The zero-order chi connectivity index (χ0) is 12.0. The molecule has 0 aliphatic carbocycles. The lowest BCUT2D eigenvalue weighted by atomic mass is 10.0. The maximum absolute atomic E-state index is 4.23. The van der Waals surface area contributed by atoms with Gasteiger partial charge in [0.2, 0.25) is 0 Å². The molecule has 1 aromatic rings. The number of nitrogens with one attached hydrogen (secondary N) is 1. The molecular weight excluding hydrogens is 218 g/mol. The summed E-state index contributed by atoms with van der Waals surface area (Å²) in [5.41, 5.74) is 1.19. The van der Waals surface area contributed by atoms with Crippen molar-refractivity contribution in [2.75, 3.05) is 7.05 Å². The average Bonchev–Trinajstić information content (AvgIpc) is 2.68. The summed E-state index contributed by atoms with van der Waals surface area (Å²) in [7, 11) is 2.03. The Morgan fingerprint density at radius 3 is 2.62 bits per heavy atom. The number of aromatic nitrogens is 2. The van der Waals surface area contributed by atoms with Gasteiger partial charge < -0.3 is 5.32 Å². The molecular formula is C12H23N3S. The Morgan fingerprint density at radius 1 is 1.31 bits per heavy atom. The van der Waals surface area contributed by atoms with Crippen LogP contribution < -0.4 is 5.32 Å². The number of nitrogens with zero attached hydrogens (tertiary/aromatic N) is 2. The average molecular weight is 241 g/mol. The standard InChI is InChI=1S/C12H23N3S/c1-5-6-11-12(16-15-14-11)10(13-4)8-7-9(2)3/h9-10,13H,5-8H2,1-4H3. The smallest absolute Gasteiger partial charge is 0.0803 e. The highest BCUT2D eigenvalue weighted by Gasteiger charge is 2.17. The molecule has 0 spiro atoms. The number of hydrogen-bond acceptors (Lipinski definition) is 4. The quantitative estimate of drug-likeness (QED) is 0.796. The molecule has 1 rings (SSSR count). The summed E-state index contributed by atoms with van der Waals surface area (Å²) in [5.74, 6) is 0.756. The highest BCUT2D eigenvalue weighted by molar-refractivity contribution is 7.05. The summed E-state index contributed by atoms with van der Waals surface area (Å²) in [4.78, 5) is 1.34. The molecule has 3 nitrogen and oxygen atoms in total. The molecule has 92 valence electrons. The van der Waals surface area contributed by atoms with Crippen LogP contribution in [0.25, 0.3) is 0 Å². The van der Waals surface area contributed by atoms with Gasteiger partial charge in [0.15, 0.2) is 0 Å². The van der Waals surface area contributed by atoms with E-state index in [1.807, 2.05) is 7.05 Å². The second kappa shape index (κ2) is 6.97. The minimum atomic E-state index is 0.434. The van der Waals surface area contributed by atoms with Crippen LogP contribution in [0.15, 0.2) is 0 Å². The zero-order valence-corrected chi connectivity index (χ0v) is 11.6. The molecule has 0 saturated carbocycles. The van der Waals surface area contributed by atoms with E-state index < -0.39 is 0 Å². The van der Waals surface area contributed by atoms with Crippen molar-refractivity contribution < 1.29 is 0 Å². The molecule has 0 aliphatic heterocycles. The van der Waals surface area contributed by atoms with Crippen molar-refractivity contribution in [1.29, 1.82) is 0 Å². The minimum absolute atomic E-state index is 0.434. The monoisotopic (exact) mass is 241 g/mol. The Morgan fingerprint density at radius 2 is 2.06 bits per heavy atom. The molecule has 4 heteroatoms. The second-order valence-electron chi connectivity index (χ2n) is 4.65. The molecule has 1 heterocycles. The molecule has 0 radical (unpaired) electrons. The largest absolute Gasteiger partial charge is 0.312 e. The molecule has 1 unspecified atom stereocenters. The van der Waals surface area contributed by atoms with Crippen LogP contribution in [-0.4, -0.2) is 16.6 Å². The summed E-state index contributed by atoms with van der Waals surface area (Å²) in [6.07, 6.45) is 4.61. The number of hydrogen-bond donors (Lipinski definition) is 1. The zero-order valence-electron chi connectivity index (χ0n) is 10.8. The fourth-order valence-electron chi connectivity index (χ4n) is 1.80. The molecule has 1 atom stereocenters. The van der Waals surface area contributed by atoms with E-state index in [9.17, 15) is 0 Å². The molecule has 1 N–H and O–H groups in total. The fraction of sp³-hybridized carbons (Fsp3) is 0.833. The van der Waals surface area contributed by atoms with Gasteiger partial charge in [0.05, 0.1) is 10.6 Å². The van der Waals surface area contributed by atoms with Crippen LogP contribution in [0.1, 0.15) is 56.6 Å². The first-order valence-electron chi connectivity index (χ1n) is 6.17. The van der Waals surface area contributed by atoms with Gasteiger partial charge in [-0.3, -0.25) is 0 Å². The first kappa shape index (κ1) is 13.6. The van der Waals surface area contributed by atoms with E-state index in [0.717, 1.165) is 18.8 Å². The van der Waals surface area contributed by atoms with Gasteiger partial charge in [0.1, 0.15) is 0 Å². The van der Waals surface area contributed by atoms with Gasteiger partial charge in [0, 0.05) is 6.04 Å². The molecule has 0 bridgehead atoms. The summed E-state index contributed by atoms with van der Waals surface area (Å²) in [5, 5.41) is 7.62. The van der Waals surface area contributed by atoms with Crippen LogP contribution >= 0.6 is 11.5 Å². The van der Waals surface area contributed by atoms with Gasteiger partial charge in [-0.1, -0.05) is 31.7 Å². The molecule has 0 aliphatic rings. The van der Waals surface area contributed by atoms with Crippen LogP contribution in [0, 0.1) is 5.92 Å². The van der Waals surface area contributed by atoms with Crippen LogP contribution in [0.3, 0.4) is 0 Å². The fourth-order valence-corrected chi connectivity index (χ4v) is 2.64.